The van der Waals surface area contributed by atoms with Crippen molar-refractivity contribution in [2.45, 2.75) is 38.6 Å². The number of aryl methyl sites for hydroxylation is 1. The third-order valence-electron chi connectivity index (χ3n) is 5.03. The van der Waals surface area contributed by atoms with E-state index in [4.69, 9.17) is 0 Å². The molecule has 3 rings (SSSR count). The maximum Gasteiger partial charge on any atom is 0.239 e. The molecule has 2 heterocycles. The van der Waals surface area contributed by atoms with Crippen molar-refractivity contribution in [3.8, 4) is 0 Å². The number of rotatable bonds is 3. The van der Waals surface area contributed by atoms with Crippen LogP contribution in [-0.4, -0.2) is 60.4 Å². The number of carbonyl (C=O) groups excluding carboxylic acids is 2. The summed E-state index contributed by atoms with van der Waals surface area (Å²) in [5, 5.41) is 3.32. The Hall–Kier alpha value is -1.88. The summed E-state index contributed by atoms with van der Waals surface area (Å²) < 4.78 is 0. The lowest BCUT2D eigenvalue weighted by atomic mass is 10.0. The summed E-state index contributed by atoms with van der Waals surface area (Å²) in [6, 6.07) is 8.09. The zero-order chi connectivity index (χ0) is 16.9. The molecule has 24 heavy (non-hydrogen) atoms. The largest absolute Gasteiger partial charge is 0.339 e. The number of benzene rings is 1. The third kappa shape index (κ3) is 4.15. The lowest BCUT2D eigenvalue weighted by Crippen LogP contribution is -2.56. The zero-order valence-electron chi connectivity index (χ0n) is 14.5. The van der Waals surface area contributed by atoms with E-state index in [1.54, 1.807) is 0 Å². The number of nitrogens with zero attached hydrogens (tertiary/aromatic N) is 2. The van der Waals surface area contributed by atoms with Gasteiger partial charge >= 0.3 is 0 Å². The Balaban J connectivity index is 1.48. The van der Waals surface area contributed by atoms with Crippen LogP contribution in [0.3, 0.4) is 0 Å². The van der Waals surface area contributed by atoms with E-state index >= 15 is 0 Å². The van der Waals surface area contributed by atoms with Gasteiger partial charge in [-0.05, 0) is 31.9 Å². The molecule has 0 saturated carbocycles. The maximum atomic E-state index is 12.5. The first-order valence-electron chi connectivity index (χ1n) is 8.99. The van der Waals surface area contributed by atoms with Crippen molar-refractivity contribution in [1.82, 2.24) is 15.1 Å². The molecular weight excluding hydrogens is 302 g/mol. The third-order valence-corrected chi connectivity index (χ3v) is 5.03. The smallest absolute Gasteiger partial charge is 0.239 e. The van der Waals surface area contributed by atoms with Crippen molar-refractivity contribution in [3.63, 3.8) is 0 Å². The van der Waals surface area contributed by atoms with Gasteiger partial charge in [-0.15, -0.1) is 0 Å². The molecule has 2 saturated heterocycles. The number of amides is 2. The fourth-order valence-corrected chi connectivity index (χ4v) is 3.45. The second-order valence-corrected chi connectivity index (χ2v) is 6.87. The Kier molecular flexibility index (Phi) is 5.51. The van der Waals surface area contributed by atoms with Gasteiger partial charge in [-0.3, -0.25) is 9.59 Å². The van der Waals surface area contributed by atoms with Crippen LogP contribution in [-0.2, 0) is 16.0 Å². The first kappa shape index (κ1) is 17.0. The Morgan fingerprint density at radius 1 is 1.04 bits per heavy atom. The van der Waals surface area contributed by atoms with Gasteiger partial charge in [-0.25, -0.2) is 0 Å². The summed E-state index contributed by atoms with van der Waals surface area (Å²) in [5.41, 5.74) is 2.25. The van der Waals surface area contributed by atoms with Crippen LogP contribution in [0.1, 0.15) is 30.4 Å². The van der Waals surface area contributed by atoms with Crippen LogP contribution in [0.4, 0.5) is 0 Å². The van der Waals surface area contributed by atoms with E-state index in [2.05, 4.69) is 5.32 Å². The summed E-state index contributed by atoms with van der Waals surface area (Å²) >= 11 is 0. The van der Waals surface area contributed by atoms with E-state index in [9.17, 15) is 9.59 Å². The molecule has 130 valence electrons. The number of hydrogen-bond donors (Lipinski definition) is 1. The van der Waals surface area contributed by atoms with E-state index in [1.165, 1.54) is 5.56 Å². The molecule has 0 radical (unpaired) electrons. The van der Waals surface area contributed by atoms with Gasteiger partial charge in [-0.2, -0.15) is 0 Å². The molecule has 0 aromatic heterocycles. The first-order valence-corrected chi connectivity index (χ1v) is 8.99. The van der Waals surface area contributed by atoms with Gasteiger partial charge in [-0.1, -0.05) is 36.2 Å². The van der Waals surface area contributed by atoms with Gasteiger partial charge in [0, 0.05) is 26.2 Å². The molecule has 1 unspecified atom stereocenters. The molecule has 0 spiro atoms. The minimum absolute atomic E-state index is 0.0199. The minimum atomic E-state index is -0.0199. The summed E-state index contributed by atoms with van der Waals surface area (Å²) in [6.45, 7) is 5.56. The highest BCUT2D eigenvalue weighted by molar-refractivity contribution is 5.83. The highest BCUT2D eigenvalue weighted by Gasteiger charge is 2.29. The normalized spacial score (nSPS) is 21.6. The molecule has 2 aliphatic heterocycles. The van der Waals surface area contributed by atoms with E-state index in [-0.39, 0.29) is 17.9 Å². The van der Waals surface area contributed by atoms with Crippen LogP contribution in [0.25, 0.3) is 0 Å². The zero-order valence-corrected chi connectivity index (χ0v) is 14.5. The predicted octanol–water partition coefficient (Wildman–Crippen LogP) is 1.35. The van der Waals surface area contributed by atoms with Crippen LogP contribution in [0.2, 0.25) is 0 Å². The number of nitrogens with one attached hydrogen (secondary N) is 1. The van der Waals surface area contributed by atoms with Crippen molar-refractivity contribution in [2.24, 2.45) is 0 Å². The minimum Gasteiger partial charge on any atom is -0.339 e. The van der Waals surface area contributed by atoms with E-state index in [1.807, 2.05) is 41.0 Å². The number of hydrogen-bond acceptors (Lipinski definition) is 3. The highest BCUT2D eigenvalue weighted by Crippen LogP contribution is 2.13. The Morgan fingerprint density at radius 2 is 1.71 bits per heavy atom. The summed E-state index contributed by atoms with van der Waals surface area (Å²) in [6.07, 6.45) is 3.66. The topological polar surface area (TPSA) is 52.7 Å². The Morgan fingerprint density at radius 3 is 2.33 bits per heavy atom. The number of carbonyl (C=O) groups is 2. The van der Waals surface area contributed by atoms with Gasteiger partial charge in [0.2, 0.25) is 11.8 Å². The molecular formula is C19H27N3O2. The van der Waals surface area contributed by atoms with Crippen LogP contribution in [0, 0.1) is 6.92 Å². The van der Waals surface area contributed by atoms with E-state index in [0.29, 0.717) is 32.6 Å². The lowest BCUT2D eigenvalue weighted by molar-refractivity contribution is -0.140. The molecule has 0 aliphatic carbocycles. The van der Waals surface area contributed by atoms with Crippen LogP contribution >= 0.6 is 0 Å². The van der Waals surface area contributed by atoms with Gasteiger partial charge in [0.25, 0.3) is 0 Å². The van der Waals surface area contributed by atoms with Crippen molar-refractivity contribution in [3.05, 3.63) is 35.4 Å². The van der Waals surface area contributed by atoms with Gasteiger partial charge in [0.05, 0.1) is 12.5 Å². The van der Waals surface area contributed by atoms with Crippen LogP contribution < -0.4 is 5.32 Å². The molecule has 1 aromatic rings. The molecule has 2 fully saturated rings. The molecule has 1 N–H and O–H groups in total. The summed E-state index contributed by atoms with van der Waals surface area (Å²) in [5.74, 6) is 0.363. The molecule has 1 atom stereocenters. The molecule has 5 heteroatoms. The molecule has 5 nitrogen and oxygen atoms in total. The maximum absolute atomic E-state index is 12.5. The highest BCUT2D eigenvalue weighted by atomic mass is 16.2. The van der Waals surface area contributed by atoms with Gasteiger partial charge in [0.1, 0.15) is 0 Å². The second-order valence-electron chi connectivity index (χ2n) is 6.87. The molecule has 1 aromatic carbocycles. The Bertz CT molecular complexity index is 571. The van der Waals surface area contributed by atoms with Crippen LogP contribution in [0.15, 0.2) is 24.3 Å². The second kappa shape index (κ2) is 7.79. The Labute approximate surface area is 144 Å². The quantitative estimate of drug-likeness (QED) is 0.911. The summed E-state index contributed by atoms with van der Waals surface area (Å²) in [4.78, 5) is 28.8. The fourth-order valence-electron chi connectivity index (χ4n) is 3.45. The number of piperazine rings is 1. The van der Waals surface area contributed by atoms with Crippen molar-refractivity contribution < 1.29 is 9.59 Å². The van der Waals surface area contributed by atoms with E-state index in [0.717, 1.165) is 31.4 Å². The van der Waals surface area contributed by atoms with Crippen molar-refractivity contribution in [1.29, 1.82) is 0 Å². The monoisotopic (exact) mass is 329 g/mol. The first-order chi connectivity index (χ1) is 11.6. The van der Waals surface area contributed by atoms with Crippen LogP contribution in [0.5, 0.6) is 0 Å². The SMILES string of the molecule is Cc1ccc(CC(=O)N2CCN(C(=O)C3CCCCN3)CC2)cc1. The van der Waals surface area contributed by atoms with Crippen molar-refractivity contribution in [2.75, 3.05) is 32.7 Å². The number of piperidine rings is 1. The standard InChI is InChI=1S/C19H27N3O2/c1-15-5-7-16(8-6-15)14-18(23)21-10-12-22(13-11-21)19(24)17-4-2-3-9-20-17/h5-8,17,20H,2-4,9-14H2,1H3. The average Bonchev–Trinajstić information content (AvgIpc) is 2.64. The lowest BCUT2D eigenvalue weighted by Gasteiger charge is -2.37. The molecule has 0 bridgehead atoms. The van der Waals surface area contributed by atoms with Gasteiger partial charge < -0.3 is 15.1 Å². The van der Waals surface area contributed by atoms with Gasteiger partial charge in [0.15, 0.2) is 0 Å². The summed E-state index contributed by atoms with van der Waals surface area (Å²) in [7, 11) is 0. The molecule has 2 aliphatic rings. The fraction of sp³-hybridized carbons (Fsp3) is 0.579. The van der Waals surface area contributed by atoms with E-state index < -0.39 is 0 Å². The molecule has 2 amide bonds. The van der Waals surface area contributed by atoms with Crippen molar-refractivity contribution >= 4 is 11.8 Å². The predicted molar refractivity (Wildman–Crippen MR) is 93.7 cm³/mol. The average molecular weight is 329 g/mol.